The fourth-order valence-electron chi connectivity index (χ4n) is 2.16. The zero-order chi connectivity index (χ0) is 11.3. The van der Waals surface area contributed by atoms with Gasteiger partial charge in [0.1, 0.15) is 0 Å². The minimum atomic E-state index is 0.384. The number of hydrogen-bond acceptors (Lipinski definition) is 2. The normalized spacial score (nSPS) is 25.2. The van der Waals surface area contributed by atoms with Gasteiger partial charge in [-0.15, -0.1) is 0 Å². The molecule has 0 aliphatic carbocycles. The highest BCUT2D eigenvalue weighted by Crippen LogP contribution is 2.21. The van der Waals surface area contributed by atoms with Gasteiger partial charge in [-0.25, -0.2) is 0 Å². The molecule has 90 valence electrons. The summed E-state index contributed by atoms with van der Waals surface area (Å²) < 4.78 is 0. The number of nitrogens with one attached hydrogen (secondary N) is 1. The molecular weight excluding hydrogens is 184 g/mol. The Morgan fingerprint density at radius 3 is 2.67 bits per heavy atom. The lowest BCUT2D eigenvalue weighted by Crippen LogP contribution is -2.46. The quantitative estimate of drug-likeness (QED) is 0.773. The Kier molecular flexibility index (Phi) is 5.07. The van der Waals surface area contributed by atoms with Crippen molar-refractivity contribution < 1.29 is 0 Å². The summed E-state index contributed by atoms with van der Waals surface area (Å²) in [5.41, 5.74) is 0.384. The van der Waals surface area contributed by atoms with E-state index in [1.54, 1.807) is 0 Å². The summed E-state index contributed by atoms with van der Waals surface area (Å²) in [5.74, 6) is 0. The Labute approximate surface area is 95.4 Å². The van der Waals surface area contributed by atoms with Crippen LogP contribution in [0.1, 0.15) is 47.0 Å². The van der Waals surface area contributed by atoms with Gasteiger partial charge in [-0.2, -0.15) is 0 Å². The third kappa shape index (κ3) is 4.52. The molecule has 0 spiro atoms. The molecule has 1 fully saturated rings. The zero-order valence-corrected chi connectivity index (χ0v) is 11.0. The van der Waals surface area contributed by atoms with E-state index in [9.17, 15) is 0 Å². The van der Waals surface area contributed by atoms with E-state index in [1.807, 2.05) is 0 Å². The number of unbranched alkanes of at least 4 members (excludes halogenated alkanes) is 1. The fourth-order valence-corrected chi connectivity index (χ4v) is 2.16. The molecule has 1 saturated heterocycles. The maximum atomic E-state index is 3.69. The van der Waals surface area contributed by atoms with E-state index >= 15 is 0 Å². The zero-order valence-electron chi connectivity index (χ0n) is 11.0. The van der Waals surface area contributed by atoms with Crippen LogP contribution in [-0.2, 0) is 0 Å². The van der Waals surface area contributed by atoms with Crippen LogP contribution in [0.3, 0.4) is 0 Å². The maximum absolute atomic E-state index is 3.69. The first-order chi connectivity index (χ1) is 7.04. The molecule has 0 saturated carbocycles. The van der Waals surface area contributed by atoms with Gasteiger partial charge in [0.2, 0.25) is 0 Å². The van der Waals surface area contributed by atoms with Gasteiger partial charge in [-0.3, -0.25) is 0 Å². The molecule has 15 heavy (non-hydrogen) atoms. The third-order valence-corrected chi connectivity index (χ3v) is 3.36. The van der Waals surface area contributed by atoms with Crippen molar-refractivity contribution in [2.45, 2.75) is 53.0 Å². The molecule has 0 radical (unpaired) electrons. The van der Waals surface area contributed by atoms with Gasteiger partial charge in [-0.05, 0) is 37.9 Å². The molecule has 1 heterocycles. The van der Waals surface area contributed by atoms with Gasteiger partial charge in [0, 0.05) is 12.6 Å². The molecular formula is C13H28N2. The Morgan fingerprint density at radius 1 is 1.33 bits per heavy atom. The van der Waals surface area contributed by atoms with Gasteiger partial charge in [0.15, 0.2) is 0 Å². The predicted molar refractivity (Wildman–Crippen MR) is 67.2 cm³/mol. The van der Waals surface area contributed by atoms with Gasteiger partial charge < -0.3 is 10.2 Å². The van der Waals surface area contributed by atoms with Gasteiger partial charge in [0.05, 0.1) is 0 Å². The first-order valence-corrected chi connectivity index (χ1v) is 6.49. The molecule has 0 bridgehead atoms. The average Bonchev–Trinajstić information content (AvgIpc) is 2.38. The first kappa shape index (κ1) is 13.0. The van der Waals surface area contributed by atoms with Crippen LogP contribution >= 0.6 is 0 Å². The highest BCUT2D eigenvalue weighted by molar-refractivity contribution is 4.85. The molecule has 1 aliphatic heterocycles. The van der Waals surface area contributed by atoms with Crippen molar-refractivity contribution in [3.63, 3.8) is 0 Å². The molecule has 2 heteroatoms. The molecule has 1 N–H and O–H groups in total. The van der Waals surface area contributed by atoms with Crippen LogP contribution in [0.15, 0.2) is 0 Å². The molecule has 0 aromatic heterocycles. The van der Waals surface area contributed by atoms with E-state index in [2.05, 4.69) is 37.9 Å². The van der Waals surface area contributed by atoms with E-state index in [-0.39, 0.29) is 0 Å². The van der Waals surface area contributed by atoms with Crippen molar-refractivity contribution in [2.24, 2.45) is 5.41 Å². The lowest BCUT2D eigenvalue weighted by molar-refractivity contribution is 0.195. The molecule has 0 aromatic rings. The predicted octanol–water partition coefficient (Wildman–Crippen LogP) is 2.50. The molecule has 2 nitrogen and oxygen atoms in total. The molecule has 0 aromatic carbocycles. The summed E-state index contributed by atoms with van der Waals surface area (Å²) >= 11 is 0. The number of nitrogens with zero attached hydrogens (tertiary/aromatic N) is 1. The van der Waals surface area contributed by atoms with Crippen LogP contribution in [0.2, 0.25) is 0 Å². The van der Waals surface area contributed by atoms with E-state index in [1.165, 1.54) is 45.4 Å². The van der Waals surface area contributed by atoms with Gasteiger partial charge in [0.25, 0.3) is 0 Å². The topological polar surface area (TPSA) is 15.3 Å². The summed E-state index contributed by atoms with van der Waals surface area (Å²) in [5, 5.41) is 3.69. The summed E-state index contributed by atoms with van der Waals surface area (Å²) in [6, 6.07) is 0.650. The lowest BCUT2D eigenvalue weighted by Gasteiger charge is -2.33. The van der Waals surface area contributed by atoms with Crippen LogP contribution < -0.4 is 5.32 Å². The molecule has 1 aliphatic rings. The summed E-state index contributed by atoms with van der Waals surface area (Å²) in [6.45, 7) is 14.3. The van der Waals surface area contributed by atoms with Crippen molar-refractivity contribution in [1.29, 1.82) is 0 Å². The molecule has 1 rings (SSSR count). The molecule has 1 unspecified atom stereocenters. The molecule has 1 atom stereocenters. The monoisotopic (exact) mass is 212 g/mol. The summed E-state index contributed by atoms with van der Waals surface area (Å²) in [4.78, 5) is 2.64. The second-order valence-electron chi connectivity index (χ2n) is 5.88. The lowest BCUT2D eigenvalue weighted by atomic mass is 9.86. The van der Waals surface area contributed by atoms with Crippen molar-refractivity contribution in [3.05, 3.63) is 0 Å². The van der Waals surface area contributed by atoms with Gasteiger partial charge >= 0.3 is 0 Å². The van der Waals surface area contributed by atoms with Crippen LogP contribution in [0.4, 0.5) is 0 Å². The van der Waals surface area contributed by atoms with Crippen LogP contribution in [-0.4, -0.2) is 37.1 Å². The third-order valence-electron chi connectivity index (χ3n) is 3.36. The van der Waals surface area contributed by atoms with Crippen LogP contribution in [0, 0.1) is 5.41 Å². The average molecular weight is 212 g/mol. The van der Waals surface area contributed by atoms with Crippen molar-refractivity contribution in [2.75, 3.05) is 26.2 Å². The van der Waals surface area contributed by atoms with Crippen LogP contribution in [0.5, 0.6) is 0 Å². The Morgan fingerprint density at radius 2 is 2.07 bits per heavy atom. The first-order valence-electron chi connectivity index (χ1n) is 6.49. The standard InChI is InChI=1S/C13H28N2/c1-5-6-9-15-10-7-8-14-12(11-15)13(2,3)4/h12,14H,5-11H2,1-4H3. The Hall–Kier alpha value is -0.0800. The highest BCUT2D eigenvalue weighted by atomic mass is 15.2. The maximum Gasteiger partial charge on any atom is 0.0243 e. The number of hydrogen-bond donors (Lipinski definition) is 1. The summed E-state index contributed by atoms with van der Waals surface area (Å²) in [7, 11) is 0. The van der Waals surface area contributed by atoms with Crippen molar-refractivity contribution in [3.8, 4) is 0 Å². The Bertz CT molecular complexity index is 172. The van der Waals surface area contributed by atoms with Crippen molar-refractivity contribution in [1.82, 2.24) is 10.2 Å². The second kappa shape index (κ2) is 5.86. The van der Waals surface area contributed by atoms with E-state index in [0.29, 0.717) is 11.5 Å². The fraction of sp³-hybridized carbons (Fsp3) is 1.00. The minimum Gasteiger partial charge on any atom is -0.312 e. The largest absolute Gasteiger partial charge is 0.312 e. The number of rotatable bonds is 3. The summed E-state index contributed by atoms with van der Waals surface area (Å²) in [6.07, 6.45) is 3.96. The Balaban J connectivity index is 2.46. The van der Waals surface area contributed by atoms with Crippen LogP contribution in [0.25, 0.3) is 0 Å². The van der Waals surface area contributed by atoms with E-state index in [4.69, 9.17) is 0 Å². The second-order valence-corrected chi connectivity index (χ2v) is 5.88. The SMILES string of the molecule is CCCCN1CCCNC(C(C)(C)C)C1. The van der Waals surface area contributed by atoms with Gasteiger partial charge in [-0.1, -0.05) is 34.1 Å². The highest BCUT2D eigenvalue weighted by Gasteiger charge is 2.27. The van der Waals surface area contributed by atoms with Crippen molar-refractivity contribution >= 4 is 0 Å². The molecule has 0 amide bonds. The minimum absolute atomic E-state index is 0.384. The smallest absolute Gasteiger partial charge is 0.0243 e. The van der Waals surface area contributed by atoms with E-state index in [0.717, 1.165) is 0 Å². The van der Waals surface area contributed by atoms with E-state index < -0.39 is 0 Å².